The first-order chi connectivity index (χ1) is 11.1. The molecule has 1 saturated heterocycles. The predicted octanol–water partition coefficient (Wildman–Crippen LogP) is 1.62. The van der Waals surface area contributed by atoms with E-state index >= 15 is 0 Å². The Morgan fingerprint density at radius 2 is 2.13 bits per heavy atom. The van der Waals surface area contributed by atoms with Gasteiger partial charge in [0, 0.05) is 50.7 Å². The van der Waals surface area contributed by atoms with E-state index in [4.69, 9.17) is 4.42 Å². The van der Waals surface area contributed by atoms with Gasteiger partial charge in [0.25, 0.3) is 0 Å². The molecule has 2 aromatic heterocycles. The fourth-order valence-corrected chi connectivity index (χ4v) is 2.89. The summed E-state index contributed by atoms with van der Waals surface area (Å²) < 4.78 is 5.27. The molecule has 0 amide bonds. The molecule has 1 fully saturated rings. The van der Waals surface area contributed by atoms with Crippen molar-refractivity contribution >= 4 is 0 Å². The first-order valence-electron chi connectivity index (χ1n) is 7.80. The zero-order valence-corrected chi connectivity index (χ0v) is 13.2. The topological polar surface area (TPSA) is 69.8 Å². The molecule has 23 heavy (non-hydrogen) atoms. The summed E-state index contributed by atoms with van der Waals surface area (Å²) in [7, 11) is 0. The van der Waals surface area contributed by atoms with Crippen LogP contribution in [0.3, 0.4) is 0 Å². The molecular formula is C17H21N3O3. The van der Waals surface area contributed by atoms with Crippen molar-refractivity contribution in [3.05, 3.63) is 58.4 Å². The van der Waals surface area contributed by atoms with E-state index in [1.54, 1.807) is 6.20 Å². The molecule has 0 aliphatic carbocycles. The van der Waals surface area contributed by atoms with Crippen LogP contribution in [0.1, 0.15) is 24.3 Å². The van der Waals surface area contributed by atoms with E-state index in [0.717, 1.165) is 32.4 Å². The summed E-state index contributed by atoms with van der Waals surface area (Å²) in [5.74, 6) is 0.241. The summed E-state index contributed by atoms with van der Waals surface area (Å²) >= 11 is 0. The van der Waals surface area contributed by atoms with E-state index < -0.39 is 5.43 Å². The highest BCUT2D eigenvalue weighted by Gasteiger charge is 2.22. The van der Waals surface area contributed by atoms with Crippen molar-refractivity contribution in [2.24, 2.45) is 0 Å². The van der Waals surface area contributed by atoms with Gasteiger partial charge in [-0.15, -0.1) is 0 Å². The van der Waals surface area contributed by atoms with Gasteiger partial charge in [0.05, 0.1) is 6.54 Å². The summed E-state index contributed by atoms with van der Waals surface area (Å²) in [5, 5.41) is 9.22. The Morgan fingerprint density at radius 1 is 1.35 bits per heavy atom. The molecule has 3 heterocycles. The molecular weight excluding hydrogens is 294 g/mol. The molecule has 1 N–H and O–H groups in total. The van der Waals surface area contributed by atoms with Gasteiger partial charge in [-0.25, -0.2) is 0 Å². The van der Waals surface area contributed by atoms with Gasteiger partial charge in [-0.1, -0.05) is 6.07 Å². The number of hydrogen-bond donors (Lipinski definition) is 1. The average Bonchev–Trinajstić information content (AvgIpc) is 2.59. The fraction of sp³-hybridized carbons (Fsp3) is 0.412. The molecule has 0 radical (unpaired) electrons. The smallest absolute Gasteiger partial charge is 0.226 e. The van der Waals surface area contributed by atoms with Crippen LogP contribution < -0.4 is 5.43 Å². The van der Waals surface area contributed by atoms with Crippen LogP contribution in [0.25, 0.3) is 0 Å². The monoisotopic (exact) mass is 315 g/mol. The van der Waals surface area contributed by atoms with E-state index in [2.05, 4.69) is 27.8 Å². The molecule has 1 aliphatic heterocycles. The Labute approximate surface area is 135 Å². The largest absolute Gasteiger partial charge is 0.502 e. The molecule has 6 heteroatoms. The minimum absolute atomic E-state index is 0.344. The van der Waals surface area contributed by atoms with Crippen LogP contribution in [0.4, 0.5) is 0 Å². The lowest BCUT2D eigenvalue weighted by molar-refractivity contribution is 0.0926. The summed E-state index contributed by atoms with van der Waals surface area (Å²) in [4.78, 5) is 20.3. The third-order valence-electron chi connectivity index (χ3n) is 4.37. The third-order valence-corrected chi connectivity index (χ3v) is 4.37. The maximum atomic E-state index is 11.4. The lowest BCUT2D eigenvalue weighted by atomic mass is 10.1. The normalized spacial score (nSPS) is 18.0. The van der Waals surface area contributed by atoms with E-state index in [1.807, 2.05) is 12.3 Å². The van der Waals surface area contributed by atoms with Crippen molar-refractivity contribution in [3.63, 3.8) is 0 Å². The minimum Gasteiger partial charge on any atom is -0.502 e. The van der Waals surface area contributed by atoms with Crippen molar-refractivity contribution in [1.82, 2.24) is 14.8 Å². The molecule has 0 aromatic carbocycles. The van der Waals surface area contributed by atoms with Gasteiger partial charge in [-0.2, -0.15) is 0 Å². The number of piperazine rings is 1. The number of hydrogen-bond acceptors (Lipinski definition) is 6. The SMILES string of the molecule is C[C@@H](c1cccnc1)N1CCN(Cc2cc(=O)c(O)co2)CC1. The predicted molar refractivity (Wildman–Crippen MR) is 86.1 cm³/mol. The van der Waals surface area contributed by atoms with Gasteiger partial charge in [-0.05, 0) is 18.6 Å². The standard InChI is InChI=1S/C17H21N3O3/c1-13(14-3-2-4-18-10-14)20-7-5-19(6-8-20)11-15-9-16(21)17(22)12-23-15/h2-4,9-10,12-13,22H,5-8,11H2,1H3/t13-/m0/s1. The van der Waals surface area contributed by atoms with Crippen LogP contribution in [0, 0.1) is 0 Å². The van der Waals surface area contributed by atoms with Gasteiger partial charge in [0.2, 0.25) is 5.43 Å². The molecule has 0 saturated carbocycles. The fourth-order valence-electron chi connectivity index (χ4n) is 2.89. The Kier molecular flexibility index (Phi) is 4.73. The Morgan fingerprint density at radius 3 is 2.78 bits per heavy atom. The molecule has 2 aromatic rings. The molecule has 1 aliphatic rings. The number of aromatic hydroxyl groups is 1. The molecule has 0 spiro atoms. The highest BCUT2D eigenvalue weighted by atomic mass is 16.4. The Hall–Kier alpha value is -2.18. The van der Waals surface area contributed by atoms with Crippen molar-refractivity contribution in [2.75, 3.05) is 26.2 Å². The summed E-state index contributed by atoms with van der Waals surface area (Å²) in [6, 6.07) is 5.78. The van der Waals surface area contributed by atoms with Crippen LogP contribution in [0.5, 0.6) is 5.75 Å². The first-order valence-corrected chi connectivity index (χ1v) is 7.80. The van der Waals surface area contributed by atoms with Gasteiger partial charge >= 0.3 is 0 Å². The second-order valence-electron chi connectivity index (χ2n) is 5.87. The highest BCUT2D eigenvalue weighted by molar-refractivity contribution is 5.16. The van der Waals surface area contributed by atoms with Crippen LogP contribution in [-0.2, 0) is 6.54 Å². The highest BCUT2D eigenvalue weighted by Crippen LogP contribution is 2.21. The maximum Gasteiger partial charge on any atom is 0.226 e. The summed E-state index contributed by atoms with van der Waals surface area (Å²) in [6.45, 7) is 6.53. The van der Waals surface area contributed by atoms with Crippen LogP contribution in [0.2, 0.25) is 0 Å². The molecule has 122 valence electrons. The second kappa shape index (κ2) is 6.93. The lowest BCUT2D eigenvalue weighted by Crippen LogP contribution is -2.46. The number of aromatic nitrogens is 1. The van der Waals surface area contributed by atoms with E-state index in [-0.39, 0.29) is 5.75 Å². The van der Waals surface area contributed by atoms with Crippen LogP contribution in [0.15, 0.2) is 46.1 Å². The summed E-state index contributed by atoms with van der Waals surface area (Å²) in [5.41, 5.74) is 0.834. The molecule has 0 bridgehead atoms. The van der Waals surface area contributed by atoms with Crippen molar-refractivity contribution in [2.45, 2.75) is 19.5 Å². The molecule has 0 unspecified atom stereocenters. The van der Waals surface area contributed by atoms with Crippen LogP contribution >= 0.6 is 0 Å². The van der Waals surface area contributed by atoms with Crippen molar-refractivity contribution in [1.29, 1.82) is 0 Å². The zero-order chi connectivity index (χ0) is 16.2. The van der Waals surface area contributed by atoms with Crippen molar-refractivity contribution < 1.29 is 9.52 Å². The van der Waals surface area contributed by atoms with Gasteiger partial charge in [0.15, 0.2) is 5.75 Å². The van der Waals surface area contributed by atoms with E-state index in [1.165, 1.54) is 11.6 Å². The van der Waals surface area contributed by atoms with Gasteiger partial charge in [0.1, 0.15) is 12.0 Å². The van der Waals surface area contributed by atoms with Gasteiger partial charge < -0.3 is 9.52 Å². The second-order valence-corrected chi connectivity index (χ2v) is 5.87. The quantitative estimate of drug-likeness (QED) is 0.924. The summed E-state index contributed by atoms with van der Waals surface area (Å²) in [6.07, 6.45) is 4.82. The maximum absolute atomic E-state index is 11.4. The lowest BCUT2D eigenvalue weighted by Gasteiger charge is -2.37. The Balaban J connectivity index is 1.56. The number of rotatable bonds is 4. The average molecular weight is 315 g/mol. The number of nitrogens with zero attached hydrogens (tertiary/aromatic N) is 3. The Bertz CT molecular complexity index is 694. The minimum atomic E-state index is -0.393. The molecule has 3 rings (SSSR count). The molecule has 6 nitrogen and oxygen atoms in total. The number of pyridine rings is 1. The third kappa shape index (κ3) is 3.78. The van der Waals surface area contributed by atoms with E-state index in [9.17, 15) is 9.90 Å². The van der Waals surface area contributed by atoms with Crippen LogP contribution in [-0.4, -0.2) is 46.1 Å². The van der Waals surface area contributed by atoms with Gasteiger partial charge in [-0.3, -0.25) is 19.6 Å². The first kappa shape index (κ1) is 15.7. The van der Waals surface area contributed by atoms with E-state index in [0.29, 0.717) is 18.3 Å². The van der Waals surface area contributed by atoms with Crippen molar-refractivity contribution in [3.8, 4) is 5.75 Å². The molecule has 1 atom stereocenters. The zero-order valence-electron chi connectivity index (χ0n) is 13.2.